The van der Waals surface area contributed by atoms with E-state index in [2.05, 4.69) is 5.32 Å². The number of carbonyl (C=O) groups excluding carboxylic acids is 2. The third-order valence-electron chi connectivity index (χ3n) is 2.36. The van der Waals surface area contributed by atoms with Crippen molar-refractivity contribution in [3.63, 3.8) is 0 Å². The Kier molecular flexibility index (Phi) is 9.71. The number of hydrogen-bond acceptors (Lipinski definition) is 5. The van der Waals surface area contributed by atoms with Crippen molar-refractivity contribution in [2.75, 3.05) is 25.2 Å². The minimum Gasteiger partial charge on any atom is -0.450 e. The zero-order valence-corrected chi connectivity index (χ0v) is 12.5. The Hall–Kier alpha value is -1.42. The SMILES string of the molecule is CCCCOC(=O)NC(CSC)C(=O)N(C#N)CC. The van der Waals surface area contributed by atoms with E-state index in [0.29, 0.717) is 12.4 Å². The third-order valence-corrected chi connectivity index (χ3v) is 3.02. The van der Waals surface area contributed by atoms with E-state index in [1.807, 2.05) is 13.2 Å². The molecule has 2 amide bonds. The van der Waals surface area contributed by atoms with E-state index in [0.717, 1.165) is 17.7 Å². The molecule has 108 valence electrons. The maximum atomic E-state index is 12.0. The predicted octanol–water partition coefficient (Wildman–Crippen LogP) is 1.57. The van der Waals surface area contributed by atoms with Crippen LogP contribution in [-0.2, 0) is 9.53 Å². The van der Waals surface area contributed by atoms with Crippen LogP contribution in [0.2, 0.25) is 0 Å². The highest BCUT2D eigenvalue weighted by Gasteiger charge is 2.25. The van der Waals surface area contributed by atoms with Crippen LogP contribution in [0.1, 0.15) is 26.7 Å². The smallest absolute Gasteiger partial charge is 0.407 e. The van der Waals surface area contributed by atoms with Crippen LogP contribution in [0.25, 0.3) is 0 Å². The van der Waals surface area contributed by atoms with Gasteiger partial charge in [-0.15, -0.1) is 0 Å². The molecule has 0 aromatic rings. The van der Waals surface area contributed by atoms with Crippen LogP contribution in [0, 0.1) is 11.5 Å². The lowest BCUT2D eigenvalue weighted by Crippen LogP contribution is -2.48. The zero-order valence-electron chi connectivity index (χ0n) is 11.6. The van der Waals surface area contributed by atoms with Crippen molar-refractivity contribution in [2.24, 2.45) is 0 Å². The van der Waals surface area contributed by atoms with Gasteiger partial charge in [0.1, 0.15) is 6.04 Å². The van der Waals surface area contributed by atoms with E-state index in [9.17, 15) is 9.59 Å². The van der Waals surface area contributed by atoms with Gasteiger partial charge in [-0.25, -0.2) is 9.69 Å². The Bertz CT molecular complexity index is 331. The molecule has 0 aliphatic rings. The van der Waals surface area contributed by atoms with E-state index < -0.39 is 18.0 Å². The summed E-state index contributed by atoms with van der Waals surface area (Å²) in [5.74, 6) is -0.00771. The van der Waals surface area contributed by atoms with Gasteiger partial charge in [-0.1, -0.05) is 13.3 Å². The number of unbranched alkanes of at least 4 members (excludes halogenated alkanes) is 1. The Labute approximate surface area is 118 Å². The Morgan fingerprint density at radius 2 is 2.16 bits per heavy atom. The van der Waals surface area contributed by atoms with Crippen molar-refractivity contribution in [3.8, 4) is 6.19 Å². The first kappa shape index (κ1) is 17.6. The second-order valence-corrected chi connectivity index (χ2v) is 4.73. The number of carbonyl (C=O) groups is 2. The molecular formula is C12H21N3O3S. The number of ether oxygens (including phenoxy) is 1. The first-order valence-corrected chi connectivity index (χ1v) is 7.63. The van der Waals surface area contributed by atoms with Crippen LogP contribution >= 0.6 is 11.8 Å². The van der Waals surface area contributed by atoms with Crippen molar-refractivity contribution in [3.05, 3.63) is 0 Å². The molecule has 19 heavy (non-hydrogen) atoms. The van der Waals surface area contributed by atoms with Crippen LogP contribution in [0.3, 0.4) is 0 Å². The molecule has 0 radical (unpaired) electrons. The number of likely N-dealkylation sites (N-methyl/N-ethyl adjacent to an activating group) is 1. The summed E-state index contributed by atoms with van der Waals surface area (Å²) in [4.78, 5) is 24.5. The number of hydrogen-bond donors (Lipinski definition) is 1. The summed E-state index contributed by atoms with van der Waals surface area (Å²) >= 11 is 1.42. The van der Waals surface area contributed by atoms with Crippen molar-refractivity contribution >= 4 is 23.8 Å². The predicted molar refractivity (Wildman–Crippen MR) is 74.6 cm³/mol. The van der Waals surface area contributed by atoms with E-state index in [1.165, 1.54) is 11.8 Å². The summed E-state index contributed by atoms with van der Waals surface area (Å²) in [5.41, 5.74) is 0. The van der Waals surface area contributed by atoms with Gasteiger partial charge < -0.3 is 10.1 Å². The molecule has 0 heterocycles. The maximum absolute atomic E-state index is 12.0. The van der Waals surface area contributed by atoms with E-state index in [-0.39, 0.29) is 6.54 Å². The number of alkyl carbamates (subject to hydrolysis) is 1. The average Bonchev–Trinajstić information content (AvgIpc) is 2.39. The fraction of sp³-hybridized carbons (Fsp3) is 0.750. The van der Waals surface area contributed by atoms with Gasteiger partial charge in [-0.2, -0.15) is 17.0 Å². The lowest BCUT2D eigenvalue weighted by Gasteiger charge is -2.20. The first-order chi connectivity index (χ1) is 9.10. The molecule has 0 fully saturated rings. The molecule has 0 saturated heterocycles. The summed E-state index contributed by atoms with van der Waals surface area (Å²) in [7, 11) is 0. The highest BCUT2D eigenvalue weighted by Crippen LogP contribution is 2.03. The monoisotopic (exact) mass is 287 g/mol. The quantitative estimate of drug-likeness (QED) is 0.416. The lowest BCUT2D eigenvalue weighted by molar-refractivity contribution is -0.129. The topological polar surface area (TPSA) is 82.4 Å². The fourth-order valence-corrected chi connectivity index (χ4v) is 1.86. The molecule has 7 heteroatoms. The molecule has 0 spiro atoms. The standard InChI is InChI=1S/C12H21N3O3S/c1-4-6-7-18-12(17)14-10(8-19-3)11(16)15(5-2)9-13/h10H,4-8H2,1-3H3,(H,14,17). The normalized spacial score (nSPS) is 11.3. The van der Waals surface area contributed by atoms with E-state index >= 15 is 0 Å². The third kappa shape index (κ3) is 6.91. The van der Waals surface area contributed by atoms with Crippen molar-refractivity contribution < 1.29 is 14.3 Å². The maximum Gasteiger partial charge on any atom is 0.407 e. The van der Waals surface area contributed by atoms with Crippen molar-refractivity contribution in [2.45, 2.75) is 32.7 Å². The lowest BCUT2D eigenvalue weighted by atomic mass is 10.3. The number of nitriles is 1. The first-order valence-electron chi connectivity index (χ1n) is 6.23. The Balaban J connectivity index is 4.43. The van der Waals surface area contributed by atoms with Crippen LogP contribution in [0.4, 0.5) is 4.79 Å². The van der Waals surface area contributed by atoms with Gasteiger partial charge in [0.05, 0.1) is 6.61 Å². The molecule has 0 aromatic carbocycles. The minimum atomic E-state index is -0.733. The van der Waals surface area contributed by atoms with E-state index in [4.69, 9.17) is 10.00 Å². The van der Waals surface area contributed by atoms with Crippen LogP contribution in [-0.4, -0.2) is 48.1 Å². The van der Waals surface area contributed by atoms with Gasteiger partial charge in [0, 0.05) is 12.3 Å². The second-order valence-electron chi connectivity index (χ2n) is 3.82. The number of amides is 2. The summed E-state index contributed by atoms with van der Waals surface area (Å²) in [6, 6.07) is -0.733. The van der Waals surface area contributed by atoms with Gasteiger partial charge in [0.25, 0.3) is 5.91 Å². The largest absolute Gasteiger partial charge is 0.450 e. The molecule has 0 rings (SSSR count). The number of nitrogens with one attached hydrogen (secondary N) is 1. The zero-order chi connectivity index (χ0) is 14.7. The number of rotatable bonds is 8. The summed E-state index contributed by atoms with van der Waals surface area (Å²) in [5, 5.41) is 11.3. The molecule has 0 saturated carbocycles. The van der Waals surface area contributed by atoms with E-state index in [1.54, 1.807) is 13.1 Å². The van der Waals surface area contributed by atoms with Crippen molar-refractivity contribution in [1.82, 2.24) is 10.2 Å². The molecule has 0 bridgehead atoms. The summed E-state index contributed by atoms with van der Waals surface area (Å²) in [6.45, 7) is 4.31. The summed E-state index contributed by atoms with van der Waals surface area (Å²) < 4.78 is 4.94. The van der Waals surface area contributed by atoms with Gasteiger partial charge in [-0.3, -0.25) is 4.79 Å². The summed E-state index contributed by atoms with van der Waals surface area (Å²) in [6.07, 6.45) is 4.72. The molecule has 1 unspecified atom stereocenters. The molecule has 6 nitrogen and oxygen atoms in total. The Morgan fingerprint density at radius 1 is 1.47 bits per heavy atom. The van der Waals surface area contributed by atoms with Gasteiger partial charge in [0.2, 0.25) is 0 Å². The molecule has 0 aromatic heterocycles. The molecular weight excluding hydrogens is 266 g/mol. The molecule has 0 aliphatic carbocycles. The molecule has 1 atom stereocenters. The van der Waals surface area contributed by atoms with Crippen LogP contribution in [0.5, 0.6) is 0 Å². The van der Waals surface area contributed by atoms with Crippen LogP contribution < -0.4 is 5.32 Å². The molecule has 1 N–H and O–H groups in total. The van der Waals surface area contributed by atoms with Gasteiger partial charge >= 0.3 is 6.09 Å². The van der Waals surface area contributed by atoms with Gasteiger partial charge in [0.15, 0.2) is 6.19 Å². The van der Waals surface area contributed by atoms with Gasteiger partial charge in [-0.05, 0) is 19.6 Å². The highest BCUT2D eigenvalue weighted by atomic mass is 32.2. The number of nitrogens with zero attached hydrogens (tertiary/aromatic N) is 2. The number of thioether (sulfide) groups is 1. The highest BCUT2D eigenvalue weighted by molar-refractivity contribution is 7.98. The fourth-order valence-electron chi connectivity index (χ4n) is 1.30. The molecule has 0 aliphatic heterocycles. The second kappa shape index (κ2) is 10.5. The van der Waals surface area contributed by atoms with Crippen LogP contribution in [0.15, 0.2) is 0 Å². The van der Waals surface area contributed by atoms with Crippen molar-refractivity contribution in [1.29, 1.82) is 5.26 Å². The Morgan fingerprint density at radius 3 is 2.63 bits per heavy atom. The average molecular weight is 287 g/mol. The minimum absolute atomic E-state index is 0.285.